The van der Waals surface area contributed by atoms with Gasteiger partial charge in [-0.25, -0.2) is 8.42 Å². The topological polar surface area (TPSA) is 46.2 Å². The first-order valence-electron chi connectivity index (χ1n) is 5.65. The summed E-state index contributed by atoms with van der Waals surface area (Å²) >= 11 is 18.6. The van der Waals surface area contributed by atoms with Crippen LogP contribution in [0.2, 0.25) is 10.0 Å². The number of sulfonamides is 1. The predicted molar refractivity (Wildman–Crippen MR) is 93.8 cm³/mol. The first-order chi connectivity index (χ1) is 9.72. The normalized spacial score (nSPS) is 11.5. The van der Waals surface area contributed by atoms with Gasteiger partial charge in [0.2, 0.25) is 0 Å². The highest BCUT2D eigenvalue weighted by atomic mass is 79.9. The number of hydrogen-bond donors (Lipinski definition) is 1. The number of halogens is 4. The molecule has 0 spiro atoms. The second-order valence-corrected chi connectivity index (χ2v) is 8.38. The molecule has 0 saturated carbocycles. The maximum Gasteiger partial charge on any atom is 0.261 e. The Bertz CT molecular complexity index is 793. The SMILES string of the molecule is Cc1ccc(S(=O)(=O)Nc2c(Cl)cc(Br)c(Cl)c2Br)cc1. The van der Waals surface area contributed by atoms with Crippen LogP contribution in [0.25, 0.3) is 0 Å². The maximum absolute atomic E-state index is 12.4. The quantitative estimate of drug-likeness (QED) is 0.464. The summed E-state index contributed by atoms with van der Waals surface area (Å²) in [4.78, 5) is 0.148. The van der Waals surface area contributed by atoms with Crippen molar-refractivity contribution in [3.63, 3.8) is 0 Å². The molecule has 21 heavy (non-hydrogen) atoms. The Labute approximate surface area is 150 Å². The highest BCUT2D eigenvalue weighted by Crippen LogP contribution is 2.42. The van der Waals surface area contributed by atoms with Crippen molar-refractivity contribution < 1.29 is 8.42 Å². The van der Waals surface area contributed by atoms with Gasteiger partial charge in [-0.05, 0) is 57.0 Å². The van der Waals surface area contributed by atoms with Crippen LogP contribution in [0.4, 0.5) is 5.69 Å². The highest BCUT2D eigenvalue weighted by molar-refractivity contribution is 9.11. The summed E-state index contributed by atoms with van der Waals surface area (Å²) in [7, 11) is -3.74. The molecule has 0 aliphatic heterocycles. The molecule has 0 aliphatic rings. The monoisotopic (exact) mass is 471 g/mol. The van der Waals surface area contributed by atoms with Gasteiger partial charge in [-0.15, -0.1) is 0 Å². The number of rotatable bonds is 3. The Morgan fingerprint density at radius 1 is 1.10 bits per heavy atom. The fraction of sp³-hybridized carbons (Fsp3) is 0.0769. The van der Waals surface area contributed by atoms with Gasteiger partial charge in [0.1, 0.15) is 0 Å². The molecule has 8 heteroatoms. The van der Waals surface area contributed by atoms with E-state index in [1.54, 1.807) is 12.1 Å². The van der Waals surface area contributed by atoms with Crippen molar-refractivity contribution in [2.24, 2.45) is 0 Å². The van der Waals surface area contributed by atoms with Gasteiger partial charge < -0.3 is 0 Å². The molecule has 0 aromatic heterocycles. The molecule has 2 aromatic carbocycles. The molecule has 0 saturated heterocycles. The third-order valence-corrected chi connectivity index (χ3v) is 6.61. The van der Waals surface area contributed by atoms with E-state index in [9.17, 15) is 8.42 Å². The smallest absolute Gasteiger partial charge is 0.261 e. The number of anilines is 1. The molecule has 1 N–H and O–H groups in total. The van der Waals surface area contributed by atoms with Gasteiger partial charge in [0, 0.05) is 4.47 Å². The Hall–Kier alpha value is -0.270. The van der Waals surface area contributed by atoms with Crippen LogP contribution in [0, 0.1) is 6.92 Å². The van der Waals surface area contributed by atoms with E-state index in [4.69, 9.17) is 23.2 Å². The Morgan fingerprint density at radius 2 is 1.67 bits per heavy atom. The van der Waals surface area contributed by atoms with Gasteiger partial charge in [0.25, 0.3) is 10.0 Å². The second-order valence-electron chi connectivity index (χ2n) is 4.26. The molecule has 0 unspecified atom stereocenters. The Kier molecular flexibility index (Phi) is 5.26. The lowest BCUT2D eigenvalue weighted by atomic mass is 10.2. The third-order valence-electron chi connectivity index (χ3n) is 2.68. The van der Waals surface area contributed by atoms with E-state index >= 15 is 0 Å². The van der Waals surface area contributed by atoms with Crippen LogP contribution in [0.3, 0.4) is 0 Å². The van der Waals surface area contributed by atoms with Crippen LogP contribution >= 0.6 is 55.1 Å². The maximum atomic E-state index is 12.4. The van der Waals surface area contributed by atoms with Gasteiger partial charge in [0.05, 0.1) is 25.1 Å². The molecule has 0 heterocycles. The number of benzene rings is 2. The number of hydrogen-bond acceptors (Lipinski definition) is 2. The minimum Gasteiger partial charge on any atom is -0.277 e. The van der Waals surface area contributed by atoms with E-state index in [0.29, 0.717) is 14.0 Å². The zero-order valence-corrected chi connectivity index (χ0v) is 16.1. The van der Waals surface area contributed by atoms with E-state index in [2.05, 4.69) is 36.6 Å². The molecule has 0 amide bonds. The zero-order chi connectivity index (χ0) is 15.8. The highest BCUT2D eigenvalue weighted by Gasteiger charge is 2.20. The van der Waals surface area contributed by atoms with Crippen LogP contribution < -0.4 is 4.72 Å². The first kappa shape index (κ1) is 17.1. The molecular weight excluding hydrogens is 465 g/mol. The van der Waals surface area contributed by atoms with E-state index < -0.39 is 10.0 Å². The summed E-state index contributed by atoms with van der Waals surface area (Å²) in [5, 5.41) is 0.565. The lowest BCUT2D eigenvalue weighted by molar-refractivity contribution is 0.601. The predicted octanol–water partition coefficient (Wildman–Crippen LogP) is 5.63. The van der Waals surface area contributed by atoms with Gasteiger partial charge >= 0.3 is 0 Å². The molecule has 0 aliphatic carbocycles. The fourth-order valence-corrected chi connectivity index (χ4v) is 4.72. The lowest BCUT2D eigenvalue weighted by Crippen LogP contribution is -2.13. The Balaban J connectivity index is 2.47. The molecule has 2 rings (SSSR count). The van der Waals surface area contributed by atoms with Crippen LogP contribution in [-0.2, 0) is 10.0 Å². The van der Waals surface area contributed by atoms with Crippen LogP contribution in [0.15, 0.2) is 44.2 Å². The van der Waals surface area contributed by atoms with Gasteiger partial charge in [-0.3, -0.25) is 4.72 Å². The second kappa shape index (κ2) is 6.46. The van der Waals surface area contributed by atoms with E-state index in [0.717, 1.165) is 5.56 Å². The lowest BCUT2D eigenvalue weighted by Gasteiger charge is -2.13. The summed E-state index contributed by atoms with van der Waals surface area (Å²) in [5.41, 5.74) is 1.17. The van der Waals surface area contributed by atoms with Crippen molar-refractivity contribution in [1.82, 2.24) is 0 Å². The number of aryl methyl sites for hydroxylation is 1. The van der Waals surface area contributed by atoms with E-state index in [1.807, 2.05) is 6.92 Å². The van der Waals surface area contributed by atoms with Crippen molar-refractivity contribution in [2.45, 2.75) is 11.8 Å². The summed E-state index contributed by atoms with van der Waals surface area (Å²) in [5.74, 6) is 0. The van der Waals surface area contributed by atoms with Crippen molar-refractivity contribution in [1.29, 1.82) is 0 Å². The average molecular weight is 474 g/mol. The Morgan fingerprint density at radius 3 is 2.24 bits per heavy atom. The molecule has 0 fully saturated rings. The van der Waals surface area contributed by atoms with E-state index in [-0.39, 0.29) is 15.6 Å². The van der Waals surface area contributed by atoms with Crippen LogP contribution in [0.5, 0.6) is 0 Å². The largest absolute Gasteiger partial charge is 0.277 e. The standard InChI is InChI=1S/C13H9Br2Cl2NO2S/c1-7-2-4-8(5-3-7)21(19,20)18-13-10(16)6-9(14)12(17)11(13)15/h2-6,18H,1H3. The minimum atomic E-state index is -3.74. The van der Waals surface area contributed by atoms with Crippen molar-refractivity contribution in [2.75, 3.05) is 4.72 Å². The van der Waals surface area contributed by atoms with Crippen molar-refractivity contribution in [3.05, 3.63) is 54.9 Å². The molecule has 112 valence electrons. The molecule has 0 atom stereocenters. The zero-order valence-electron chi connectivity index (χ0n) is 10.6. The van der Waals surface area contributed by atoms with Gasteiger partial charge in [-0.2, -0.15) is 0 Å². The summed E-state index contributed by atoms with van der Waals surface area (Å²) in [6, 6.07) is 8.03. The van der Waals surface area contributed by atoms with Crippen LogP contribution in [0.1, 0.15) is 5.56 Å². The van der Waals surface area contributed by atoms with Gasteiger partial charge in [0.15, 0.2) is 0 Å². The summed E-state index contributed by atoms with van der Waals surface area (Å²) in [6.07, 6.45) is 0. The van der Waals surface area contributed by atoms with Crippen molar-refractivity contribution in [3.8, 4) is 0 Å². The molecule has 0 radical (unpaired) electrons. The number of nitrogens with one attached hydrogen (secondary N) is 1. The van der Waals surface area contributed by atoms with Crippen LogP contribution in [-0.4, -0.2) is 8.42 Å². The van der Waals surface area contributed by atoms with Gasteiger partial charge in [-0.1, -0.05) is 40.9 Å². The molecule has 2 aromatic rings. The first-order valence-corrected chi connectivity index (χ1v) is 9.47. The van der Waals surface area contributed by atoms with Crippen molar-refractivity contribution >= 4 is 70.8 Å². The molecule has 3 nitrogen and oxygen atoms in total. The van der Waals surface area contributed by atoms with E-state index in [1.165, 1.54) is 18.2 Å². The summed E-state index contributed by atoms with van der Waals surface area (Å²) in [6.45, 7) is 1.88. The summed E-state index contributed by atoms with van der Waals surface area (Å²) < 4.78 is 28.1. The fourth-order valence-electron chi connectivity index (χ4n) is 1.57. The molecule has 0 bridgehead atoms. The third kappa shape index (κ3) is 3.74. The molecular formula is C13H9Br2Cl2NO2S. The average Bonchev–Trinajstić information content (AvgIpc) is 2.42. The minimum absolute atomic E-state index is 0.148.